The molecule has 0 fully saturated rings. The topological polar surface area (TPSA) is 63.3 Å². The molecular formula is C26H22F3N3O2S. The Morgan fingerprint density at radius 3 is 2.43 bits per heavy atom. The second kappa shape index (κ2) is 10.6. The number of hydrogen-bond donors (Lipinski definition) is 2. The third kappa shape index (κ3) is 6.19. The van der Waals surface area contributed by atoms with Gasteiger partial charge >= 0.3 is 6.18 Å². The predicted octanol–water partition coefficient (Wildman–Crippen LogP) is 6.74. The van der Waals surface area contributed by atoms with Crippen molar-refractivity contribution < 1.29 is 22.7 Å². The lowest BCUT2D eigenvalue weighted by atomic mass is 9.96. The van der Waals surface area contributed by atoms with Crippen molar-refractivity contribution in [3.63, 3.8) is 0 Å². The Balaban J connectivity index is 1.46. The maximum absolute atomic E-state index is 13.3. The van der Waals surface area contributed by atoms with Gasteiger partial charge in [0.05, 0.1) is 17.9 Å². The number of rotatable bonds is 8. The summed E-state index contributed by atoms with van der Waals surface area (Å²) in [7, 11) is 1.81. The smallest absolute Gasteiger partial charge is 0.416 e. The van der Waals surface area contributed by atoms with Gasteiger partial charge in [0.2, 0.25) is 0 Å². The number of ether oxygens (including phenoxy) is 1. The summed E-state index contributed by atoms with van der Waals surface area (Å²) in [5, 5.41) is 8.48. The molecule has 1 amide bonds. The van der Waals surface area contributed by atoms with Gasteiger partial charge in [0.1, 0.15) is 5.75 Å². The molecule has 0 saturated heterocycles. The zero-order chi connectivity index (χ0) is 24.8. The van der Waals surface area contributed by atoms with Gasteiger partial charge in [0, 0.05) is 30.1 Å². The van der Waals surface area contributed by atoms with E-state index < -0.39 is 17.6 Å². The molecule has 2 N–H and O–H groups in total. The van der Waals surface area contributed by atoms with E-state index in [9.17, 15) is 18.0 Å². The van der Waals surface area contributed by atoms with E-state index in [0.29, 0.717) is 35.6 Å². The number of benzene rings is 3. The summed E-state index contributed by atoms with van der Waals surface area (Å²) in [6, 6.07) is 18.7. The number of anilines is 2. The number of aromatic nitrogens is 1. The summed E-state index contributed by atoms with van der Waals surface area (Å²) in [6.45, 7) is 0.434. The summed E-state index contributed by atoms with van der Waals surface area (Å²) in [6.07, 6.45) is -3.91. The van der Waals surface area contributed by atoms with E-state index in [0.717, 1.165) is 23.0 Å². The van der Waals surface area contributed by atoms with Crippen molar-refractivity contribution >= 4 is 28.1 Å². The van der Waals surface area contributed by atoms with Crippen molar-refractivity contribution in [1.82, 2.24) is 4.98 Å². The van der Waals surface area contributed by atoms with Crippen LogP contribution in [0.25, 0.3) is 11.1 Å². The molecule has 9 heteroatoms. The Morgan fingerprint density at radius 2 is 1.77 bits per heavy atom. The van der Waals surface area contributed by atoms with Crippen molar-refractivity contribution in [2.24, 2.45) is 0 Å². The maximum Gasteiger partial charge on any atom is 0.416 e. The third-order valence-corrected chi connectivity index (χ3v) is 6.09. The van der Waals surface area contributed by atoms with Crippen LogP contribution in [0.1, 0.15) is 21.6 Å². The van der Waals surface area contributed by atoms with E-state index in [1.165, 1.54) is 17.4 Å². The molecule has 0 aliphatic heterocycles. The number of halogens is 3. The molecule has 4 aromatic rings. The minimum Gasteiger partial charge on any atom is -0.493 e. The number of nitrogens with one attached hydrogen (secondary N) is 2. The maximum atomic E-state index is 13.3. The average molecular weight is 498 g/mol. The summed E-state index contributed by atoms with van der Waals surface area (Å²) < 4.78 is 45.7. The molecule has 3 aromatic carbocycles. The largest absolute Gasteiger partial charge is 0.493 e. The van der Waals surface area contributed by atoms with Gasteiger partial charge in [-0.2, -0.15) is 13.2 Å². The SMILES string of the molecule is CNc1nc(CCOc2ccc(NC(=O)c3cc(C(F)(F)F)ccc3-c3ccccc3)cc2)cs1. The number of carbonyl (C=O) groups excluding carboxylic acids is 1. The first-order chi connectivity index (χ1) is 16.8. The summed E-state index contributed by atoms with van der Waals surface area (Å²) in [5.41, 5.74) is 1.50. The van der Waals surface area contributed by atoms with Gasteiger partial charge in [-0.15, -0.1) is 11.3 Å². The third-order valence-electron chi connectivity index (χ3n) is 5.18. The van der Waals surface area contributed by atoms with Gasteiger partial charge < -0.3 is 15.4 Å². The normalized spacial score (nSPS) is 11.2. The van der Waals surface area contributed by atoms with E-state index in [2.05, 4.69) is 15.6 Å². The fourth-order valence-electron chi connectivity index (χ4n) is 3.42. The van der Waals surface area contributed by atoms with Crippen LogP contribution in [0, 0.1) is 0 Å². The number of hydrogen-bond acceptors (Lipinski definition) is 5. The minimum absolute atomic E-state index is 0.0597. The molecule has 1 aromatic heterocycles. The Bertz CT molecular complexity index is 1290. The molecule has 1 heterocycles. The molecule has 5 nitrogen and oxygen atoms in total. The fourth-order valence-corrected chi connectivity index (χ4v) is 4.13. The molecule has 0 unspecified atom stereocenters. The van der Waals surface area contributed by atoms with E-state index >= 15 is 0 Å². The highest BCUT2D eigenvalue weighted by molar-refractivity contribution is 7.13. The molecule has 0 aliphatic rings. The number of amides is 1. The molecule has 0 bridgehead atoms. The van der Waals surface area contributed by atoms with Crippen LogP contribution in [-0.4, -0.2) is 24.5 Å². The van der Waals surface area contributed by atoms with E-state index in [1.54, 1.807) is 54.6 Å². The lowest BCUT2D eigenvalue weighted by Gasteiger charge is -2.14. The molecular weight excluding hydrogens is 475 g/mol. The number of alkyl halides is 3. The Kier molecular flexibility index (Phi) is 7.36. The lowest BCUT2D eigenvalue weighted by Crippen LogP contribution is -2.15. The van der Waals surface area contributed by atoms with Gasteiger partial charge in [-0.3, -0.25) is 4.79 Å². The van der Waals surface area contributed by atoms with E-state index in [4.69, 9.17) is 4.74 Å². The molecule has 180 valence electrons. The zero-order valence-corrected chi connectivity index (χ0v) is 19.5. The van der Waals surface area contributed by atoms with Crippen molar-refractivity contribution in [2.75, 3.05) is 24.3 Å². The first-order valence-corrected chi connectivity index (χ1v) is 11.6. The Labute approximate surface area is 204 Å². The standard InChI is InChI=1S/C26H22F3N3O2S/c1-30-25-32-20(16-35-25)13-14-34-21-10-8-19(9-11-21)31-24(33)23-15-18(26(27,28)29)7-12-22(23)17-5-3-2-4-6-17/h2-12,15-16H,13-14H2,1H3,(H,30,32)(H,31,33). The predicted molar refractivity (Wildman–Crippen MR) is 132 cm³/mol. The molecule has 4 rings (SSSR count). The van der Waals surface area contributed by atoms with Gasteiger partial charge in [-0.1, -0.05) is 36.4 Å². The van der Waals surface area contributed by atoms with E-state index in [1.807, 2.05) is 12.4 Å². The molecule has 0 spiro atoms. The van der Waals surface area contributed by atoms with Crippen LogP contribution in [0.3, 0.4) is 0 Å². The van der Waals surface area contributed by atoms with Crippen LogP contribution in [0.2, 0.25) is 0 Å². The minimum atomic E-state index is -4.56. The number of thiazole rings is 1. The summed E-state index contributed by atoms with van der Waals surface area (Å²) >= 11 is 1.52. The van der Waals surface area contributed by atoms with Crippen LogP contribution in [0.15, 0.2) is 78.2 Å². The average Bonchev–Trinajstić information content (AvgIpc) is 3.33. The van der Waals surface area contributed by atoms with E-state index in [-0.39, 0.29) is 5.56 Å². The van der Waals surface area contributed by atoms with Crippen LogP contribution < -0.4 is 15.4 Å². The zero-order valence-electron chi connectivity index (χ0n) is 18.7. The molecule has 35 heavy (non-hydrogen) atoms. The highest BCUT2D eigenvalue weighted by Crippen LogP contribution is 2.34. The summed E-state index contributed by atoms with van der Waals surface area (Å²) in [4.78, 5) is 17.4. The van der Waals surface area contributed by atoms with Crippen molar-refractivity contribution in [3.05, 3.63) is 95.0 Å². The van der Waals surface area contributed by atoms with Gasteiger partial charge in [0.15, 0.2) is 5.13 Å². The Morgan fingerprint density at radius 1 is 1.03 bits per heavy atom. The van der Waals surface area contributed by atoms with Gasteiger partial charge in [0.25, 0.3) is 5.91 Å². The van der Waals surface area contributed by atoms with Gasteiger partial charge in [-0.25, -0.2) is 4.98 Å². The molecule has 0 saturated carbocycles. The highest BCUT2D eigenvalue weighted by Gasteiger charge is 2.32. The second-order valence-corrected chi connectivity index (χ2v) is 8.45. The highest BCUT2D eigenvalue weighted by atomic mass is 32.1. The number of carbonyl (C=O) groups is 1. The monoisotopic (exact) mass is 497 g/mol. The first-order valence-electron chi connectivity index (χ1n) is 10.8. The molecule has 0 aliphatic carbocycles. The fraction of sp³-hybridized carbons (Fsp3) is 0.154. The molecule has 0 radical (unpaired) electrons. The van der Waals surface area contributed by atoms with Crippen molar-refractivity contribution in [2.45, 2.75) is 12.6 Å². The first kappa shape index (κ1) is 24.3. The van der Waals surface area contributed by atoms with Gasteiger partial charge in [-0.05, 0) is 47.5 Å². The van der Waals surface area contributed by atoms with Crippen molar-refractivity contribution in [1.29, 1.82) is 0 Å². The van der Waals surface area contributed by atoms with Crippen LogP contribution >= 0.6 is 11.3 Å². The van der Waals surface area contributed by atoms with Crippen LogP contribution in [-0.2, 0) is 12.6 Å². The summed E-state index contributed by atoms with van der Waals surface area (Å²) in [5.74, 6) is -0.0244. The van der Waals surface area contributed by atoms with Crippen LogP contribution in [0.4, 0.5) is 24.0 Å². The van der Waals surface area contributed by atoms with Crippen LogP contribution in [0.5, 0.6) is 5.75 Å². The molecule has 0 atom stereocenters. The number of nitrogens with zero attached hydrogens (tertiary/aromatic N) is 1. The Hall–Kier alpha value is -3.85. The quantitative estimate of drug-likeness (QED) is 0.283. The lowest BCUT2D eigenvalue weighted by molar-refractivity contribution is -0.137. The van der Waals surface area contributed by atoms with Crippen molar-refractivity contribution in [3.8, 4) is 16.9 Å². The second-order valence-electron chi connectivity index (χ2n) is 7.60.